The lowest BCUT2D eigenvalue weighted by atomic mass is 10.2. The van der Waals surface area contributed by atoms with Crippen LogP contribution in [0.5, 0.6) is 0 Å². The van der Waals surface area contributed by atoms with Crippen molar-refractivity contribution in [3.63, 3.8) is 0 Å². The van der Waals surface area contributed by atoms with E-state index in [1.165, 1.54) is 10.8 Å². The third-order valence-corrected chi connectivity index (χ3v) is 1.94. The summed E-state index contributed by atoms with van der Waals surface area (Å²) in [6.45, 7) is 4.00. The van der Waals surface area contributed by atoms with Crippen LogP contribution in [0.3, 0.4) is 0 Å². The van der Waals surface area contributed by atoms with E-state index in [1.807, 2.05) is 13.8 Å². The van der Waals surface area contributed by atoms with Crippen LogP contribution in [0, 0.1) is 0 Å². The zero-order valence-electron chi connectivity index (χ0n) is 8.64. The molecule has 0 radical (unpaired) electrons. The summed E-state index contributed by atoms with van der Waals surface area (Å²) in [7, 11) is 0. The summed E-state index contributed by atoms with van der Waals surface area (Å²) in [5.41, 5.74) is -0.0660. The smallest absolute Gasteiger partial charge is 0.337 e. The van der Waals surface area contributed by atoms with Crippen LogP contribution in [-0.2, 0) is 4.79 Å². The van der Waals surface area contributed by atoms with Crippen LogP contribution in [0.25, 0.3) is 0 Å². The quantitative estimate of drug-likeness (QED) is 0.655. The van der Waals surface area contributed by atoms with Gasteiger partial charge in [0.2, 0.25) is 0 Å². The number of hydrogen-bond donors (Lipinski definition) is 3. The molecule has 0 aromatic carbocycles. The fraction of sp³-hybridized carbons (Fsp3) is 0.300. The van der Waals surface area contributed by atoms with Crippen molar-refractivity contribution in [3.05, 3.63) is 30.1 Å². The molecule has 0 spiro atoms. The lowest BCUT2D eigenvalue weighted by Gasteiger charge is -2.21. The summed E-state index contributed by atoms with van der Waals surface area (Å²) in [5, 5.41) is 21.0. The summed E-state index contributed by atoms with van der Waals surface area (Å²) in [6, 6.07) is 3.47. The molecule has 2 rings (SSSR count). The van der Waals surface area contributed by atoms with Gasteiger partial charge < -0.3 is 20.1 Å². The minimum Gasteiger partial charge on any atom is -0.478 e. The van der Waals surface area contributed by atoms with Crippen molar-refractivity contribution in [2.24, 2.45) is 0 Å². The van der Waals surface area contributed by atoms with Crippen molar-refractivity contribution in [2.45, 2.75) is 20.1 Å². The molecule has 1 unspecified atom stereocenters. The molecule has 5 nitrogen and oxygen atoms in total. The molecule has 15 heavy (non-hydrogen) atoms. The number of carboxylic acid groups (broad SMARTS) is 1. The van der Waals surface area contributed by atoms with Crippen LogP contribution in [0.1, 0.15) is 20.1 Å². The van der Waals surface area contributed by atoms with Gasteiger partial charge in [0.25, 0.3) is 0 Å². The van der Waals surface area contributed by atoms with Crippen LogP contribution in [0.2, 0.25) is 0 Å². The second-order valence-electron chi connectivity index (χ2n) is 2.72. The van der Waals surface area contributed by atoms with Gasteiger partial charge in [0.15, 0.2) is 6.23 Å². The molecule has 82 valence electrons. The summed E-state index contributed by atoms with van der Waals surface area (Å²) in [6.07, 6.45) is 1.80. The van der Waals surface area contributed by atoms with E-state index in [0.29, 0.717) is 5.82 Å². The Morgan fingerprint density at radius 3 is 2.80 bits per heavy atom. The Kier molecular flexibility index (Phi) is 3.51. The van der Waals surface area contributed by atoms with E-state index < -0.39 is 12.2 Å². The largest absolute Gasteiger partial charge is 0.478 e. The number of fused-ring (bicyclic) bond motifs is 1. The van der Waals surface area contributed by atoms with Gasteiger partial charge in [-0.2, -0.15) is 0 Å². The zero-order chi connectivity index (χ0) is 11.4. The van der Waals surface area contributed by atoms with Crippen LogP contribution in [-0.4, -0.2) is 20.7 Å². The number of nitrogens with one attached hydrogen (secondary N) is 1. The number of carbonyl (C=O) groups is 1. The van der Waals surface area contributed by atoms with E-state index >= 15 is 0 Å². The maximum absolute atomic E-state index is 10.6. The van der Waals surface area contributed by atoms with Gasteiger partial charge in [-0.05, 0) is 12.1 Å². The number of aliphatic hydroxyl groups excluding tert-OH is 1. The molecule has 3 N–H and O–H groups in total. The minimum absolute atomic E-state index is 0.0660. The average molecular weight is 210 g/mol. The molecule has 1 atom stereocenters. The highest BCUT2D eigenvalue weighted by molar-refractivity contribution is 5.88. The highest BCUT2D eigenvalue weighted by Crippen LogP contribution is 2.25. The van der Waals surface area contributed by atoms with E-state index in [2.05, 4.69) is 5.32 Å². The van der Waals surface area contributed by atoms with Gasteiger partial charge in [0, 0.05) is 12.4 Å². The van der Waals surface area contributed by atoms with E-state index in [4.69, 9.17) is 5.11 Å². The molecule has 1 aliphatic rings. The second-order valence-corrected chi connectivity index (χ2v) is 2.72. The Morgan fingerprint density at radius 2 is 2.20 bits per heavy atom. The Hall–Kier alpha value is -1.75. The lowest BCUT2D eigenvalue weighted by Crippen LogP contribution is -2.22. The first-order valence-electron chi connectivity index (χ1n) is 4.75. The maximum Gasteiger partial charge on any atom is 0.337 e. The topological polar surface area (TPSA) is 74.5 Å². The fourth-order valence-corrected chi connectivity index (χ4v) is 1.28. The van der Waals surface area contributed by atoms with Crippen molar-refractivity contribution in [2.75, 3.05) is 5.32 Å². The Bertz CT molecular complexity index is 382. The number of anilines is 1. The number of aliphatic carboxylic acids is 1. The molecular weight excluding hydrogens is 196 g/mol. The predicted octanol–water partition coefficient (Wildman–Crippen LogP) is 1.40. The van der Waals surface area contributed by atoms with Gasteiger partial charge in [-0.25, -0.2) is 4.79 Å². The number of aromatic nitrogens is 1. The summed E-state index contributed by atoms with van der Waals surface area (Å²) in [4.78, 5) is 10.6. The number of nitrogens with zero attached hydrogens (tertiary/aromatic N) is 1. The van der Waals surface area contributed by atoms with Crippen LogP contribution < -0.4 is 5.32 Å². The van der Waals surface area contributed by atoms with Gasteiger partial charge >= 0.3 is 5.97 Å². The SMILES string of the molecule is CC.O=C(O)C1=CNc2cccn2C1O. The first kappa shape index (κ1) is 11.3. The van der Waals surface area contributed by atoms with Crippen molar-refractivity contribution in [1.29, 1.82) is 0 Å². The Morgan fingerprint density at radius 1 is 1.53 bits per heavy atom. The summed E-state index contributed by atoms with van der Waals surface area (Å²) < 4.78 is 1.45. The van der Waals surface area contributed by atoms with E-state index in [1.54, 1.807) is 18.3 Å². The normalized spacial score (nSPS) is 17.8. The molecule has 1 aromatic rings. The lowest BCUT2D eigenvalue weighted by molar-refractivity contribution is -0.134. The van der Waals surface area contributed by atoms with Crippen LogP contribution in [0.15, 0.2) is 30.1 Å². The van der Waals surface area contributed by atoms with Gasteiger partial charge in [0.1, 0.15) is 11.4 Å². The third-order valence-electron chi connectivity index (χ3n) is 1.94. The molecule has 0 amide bonds. The first-order chi connectivity index (χ1) is 7.20. The monoisotopic (exact) mass is 210 g/mol. The Labute approximate surface area is 87.7 Å². The van der Waals surface area contributed by atoms with Crippen LogP contribution in [0.4, 0.5) is 5.82 Å². The van der Waals surface area contributed by atoms with Gasteiger partial charge in [-0.1, -0.05) is 13.8 Å². The van der Waals surface area contributed by atoms with Crippen molar-refractivity contribution in [1.82, 2.24) is 4.57 Å². The third kappa shape index (κ3) is 2.02. The Balaban J connectivity index is 0.000000531. The van der Waals surface area contributed by atoms with Crippen molar-refractivity contribution in [3.8, 4) is 0 Å². The number of aliphatic hydroxyl groups is 1. The van der Waals surface area contributed by atoms with Gasteiger partial charge in [-0.3, -0.25) is 0 Å². The van der Waals surface area contributed by atoms with E-state index in [9.17, 15) is 9.90 Å². The minimum atomic E-state index is -1.13. The standard InChI is InChI=1S/C8H8N2O3.C2H6/c11-7-5(8(12)13)4-9-6-2-1-3-10(6)7;1-2/h1-4,7,9,11H,(H,12,13);1-2H3. The molecule has 5 heteroatoms. The second kappa shape index (κ2) is 4.65. The highest BCUT2D eigenvalue weighted by Gasteiger charge is 2.24. The molecular formula is C10H14N2O3. The van der Waals surface area contributed by atoms with Crippen LogP contribution >= 0.6 is 0 Å². The van der Waals surface area contributed by atoms with Crippen molar-refractivity contribution < 1.29 is 15.0 Å². The zero-order valence-corrected chi connectivity index (χ0v) is 8.64. The highest BCUT2D eigenvalue weighted by atomic mass is 16.4. The summed E-state index contributed by atoms with van der Waals surface area (Å²) in [5.74, 6) is -0.447. The summed E-state index contributed by atoms with van der Waals surface area (Å²) >= 11 is 0. The molecule has 0 aliphatic carbocycles. The molecule has 0 bridgehead atoms. The van der Waals surface area contributed by atoms with E-state index in [0.717, 1.165) is 0 Å². The molecule has 1 aromatic heterocycles. The molecule has 0 fully saturated rings. The molecule has 1 aliphatic heterocycles. The van der Waals surface area contributed by atoms with Gasteiger partial charge in [0.05, 0.1) is 0 Å². The fourth-order valence-electron chi connectivity index (χ4n) is 1.28. The molecule has 0 saturated heterocycles. The maximum atomic E-state index is 10.6. The predicted molar refractivity (Wildman–Crippen MR) is 56.4 cm³/mol. The van der Waals surface area contributed by atoms with Crippen molar-refractivity contribution >= 4 is 11.8 Å². The average Bonchev–Trinajstić information content (AvgIpc) is 2.69. The first-order valence-corrected chi connectivity index (χ1v) is 4.75. The number of hydrogen-bond acceptors (Lipinski definition) is 3. The molecule has 0 saturated carbocycles. The molecule has 2 heterocycles. The number of carboxylic acids is 1. The number of rotatable bonds is 1. The van der Waals surface area contributed by atoms with Gasteiger partial charge in [-0.15, -0.1) is 0 Å². The van der Waals surface area contributed by atoms with E-state index in [-0.39, 0.29) is 5.57 Å².